The zero-order valence-electron chi connectivity index (χ0n) is 13.3. The van der Waals surface area contributed by atoms with Gasteiger partial charge in [-0.05, 0) is 43.4 Å². The van der Waals surface area contributed by atoms with Gasteiger partial charge in [-0.3, -0.25) is 0 Å². The van der Waals surface area contributed by atoms with E-state index in [0.29, 0.717) is 25.9 Å². The molecule has 0 aliphatic carbocycles. The van der Waals surface area contributed by atoms with Crippen LogP contribution in [0.3, 0.4) is 0 Å². The van der Waals surface area contributed by atoms with Gasteiger partial charge in [-0.1, -0.05) is 19.1 Å². The highest BCUT2D eigenvalue weighted by Gasteiger charge is 2.07. The number of aliphatic hydroxyl groups excluding tert-OH is 1. The molecule has 2 rings (SSSR count). The zero-order chi connectivity index (χ0) is 15.9. The van der Waals surface area contributed by atoms with Crippen molar-refractivity contribution in [1.82, 2.24) is 15.6 Å². The summed E-state index contributed by atoms with van der Waals surface area (Å²) >= 11 is 0. The summed E-state index contributed by atoms with van der Waals surface area (Å²) in [4.78, 5) is 14.9. The number of benzene rings is 1. The minimum absolute atomic E-state index is 0.181. The van der Waals surface area contributed by atoms with Crippen LogP contribution in [0.25, 0.3) is 10.9 Å². The van der Waals surface area contributed by atoms with Crippen molar-refractivity contribution in [3.63, 3.8) is 0 Å². The average Bonchev–Trinajstić information content (AvgIpc) is 2.92. The van der Waals surface area contributed by atoms with Gasteiger partial charge >= 0.3 is 6.03 Å². The summed E-state index contributed by atoms with van der Waals surface area (Å²) < 4.78 is 0. The predicted molar refractivity (Wildman–Crippen MR) is 89.1 cm³/mol. The molecule has 5 nitrogen and oxygen atoms in total. The van der Waals surface area contributed by atoms with E-state index in [0.717, 1.165) is 11.9 Å². The lowest BCUT2D eigenvalue weighted by atomic mass is 10.1. The minimum Gasteiger partial charge on any atom is -0.393 e. The van der Waals surface area contributed by atoms with Gasteiger partial charge in [-0.25, -0.2) is 4.79 Å². The van der Waals surface area contributed by atoms with Crippen LogP contribution in [0.2, 0.25) is 0 Å². The number of amides is 2. The summed E-state index contributed by atoms with van der Waals surface area (Å²) in [6.45, 7) is 5.10. The highest BCUT2D eigenvalue weighted by molar-refractivity contribution is 5.86. The van der Waals surface area contributed by atoms with Crippen LogP contribution < -0.4 is 10.6 Å². The number of aromatic amines is 1. The van der Waals surface area contributed by atoms with Crippen LogP contribution >= 0.6 is 0 Å². The van der Waals surface area contributed by atoms with Crippen LogP contribution in [0.5, 0.6) is 0 Å². The zero-order valence-corrected chi connectivity index (χ0v) is 13.3. The lowest BCUT2D eigenvalue weighted by Crippen LogP contribution is -2.37. The van der Waals surface area contributed by atoms with Gasteiger partial charge in [0.15, 0.2) is 0 Å². The molecule has 5 heteroatoms. The molecule has 0 aliphatic rings. The maximum absolute atomic E-state index is 11.7. The Balaban J connectivity index is 1.77. The Bertz CT molecular complexity index is 621. The Morgan fingerprint density at radius 3 is 2.86 bits per heavy atom. The van der Waals surface area contributed by atoms with Crippen LogP contribution in [0.1, 0.15) is 30.9 Å². The quantitative estimate of drug-likeness (QED) is 0.634. The second kappa shape index (κ2) is 7.84. The molecule has 0 bridgehead atoms. The first-order valence-corrected chi connectivity index (χ1v) is 7.87. The molecular formula is C17H25N3O2. The third-order valence-electron chi connectivity index (χ3n) is 3.91. The minimum atomic E-state index is -0.338. The third-order valence-corrected chi connectivity index (χ3v) is 3.91. The van der Waals surface area contributed by atoms with Gasteiger partial charge in [0.25, 0.3) is 0 Å². The van der Waals surface area contributed by atoms with E-state index in [1.54, 1.807) is 0 Å². The Labute approximate surface area is 131 Å². The van der Waals surface area contributed by atoms with Gasteiger partial charge in [0.05, 0.1) is 6.10 Å². The van der Waals surface area contributed by atoms with Crippen LogP contribution in [0.4, 0.5) is 4.79 Å². The van der Waals surface area contributed by atoms with Crippen LogP contribution in [-0.2, 0) is 6.42 Å². The van der Waals surface area contributed by atoms with Gasteiger partial charge in [0, 0.05) is 30.2 Å². The van der Waals surface area contributed by atoms with E-state index in [1.807, 2.05) is 19.2 Å². The molecule has 1 heterocycles. The first-order valence-electron chi connectivity index (χ1n) is 7.87. The maximum atomic E-state index is 11.7. The number of aromatic nitrogens is 1. The number of aliphatic hydroxyl groups is 1. The molecular weight excluding hydrogens is 278 g/mol. The number of fused-ring (bicyclic) bond motifs is 1. The lowest BCUT2D eigenvalue weighted by Gasteiger charge is -2.10. The van der Waals surface area contributed by atoms with Crippen molar-refractivity contribution in [3.05, 3.63) is 35.5 Å². The molecule has 0 aliphatic heterocycles. The number of H-pyrrole nitrogens is 1. The fraction of sp³-hybridized carbons (Fsp3) is 0.471. The SMILES string of the molecule is CCC(O)CCNC(=O)NCCc1c[nH]c2cccc(C)c12. The molecule has 4 N–H and O–H groups in total. The molecule has 1 atom stereocenters. The molecule has 2 aromatic rings. The van der Waals surface area contributed by atoms with E-state index in [4.69, 9.17) is 0 Å². The van der Waals surface area contributed by atoms with Gasteiger partial charge in [-0.15, -0.1) is 0 Å². The van der Waals surface area contributed by atoms with Crippen LogP contribution in [0, 0.1) is 6.92 Å². The normalized spacial score (nSPS) is 12.3. The lowest BCUT2D eigenvalue weighted by molar-refractivity contribution is 0.160. The smallest absolute Gasteiger partial charge is 0.314 e. The van der Waals surface area contributed by atoms with Crippen molar-refractivity contribution >= 4 is 16.9 Å². The van der Waals surface area contributed by atoms with Crippen molar-refractivity contribution in [3.8, 4) is 0 Å². The van der Waals surface area contributed by atoms with E-state index in [9.17, 15) is 9.90 Å². The van der Waals surface area contributed by atoms with E-state index < -0.39 is 0 Å². The van der Waals surface area contributed by atoms with E-state index in [-0.39, 0.29) is 12.1 Å². The highest BCUT2D eigenvalue weighted by Crippen LogP contribution is 2.22. The Morgan fingerprint density at radius 2 is 2.09 bits per heavy atom. The van der Waals surface area contributed by atoms with Crippen LogP contribution in [-0.4, -0.2) is 35.3 Å². The van der Waals surface area contributed by atoms with Gasteiger partial charge in [0.1, 0.15) is 0 Å². The summed E-state index contributed by atoms with van der Waals surface area (Å²) in [7, 11) is 0. The number of aryl methyl sites for hydroxylation is 1. The number of hydrogen-bond acceptors (Lipinski definition) is 2. The number of urea groups is 1. The number of carbonyl (C=O) groups is 1. The third kappa shape index (κ3) is 4.24. The molecule has 0 radical (unpaired) electrons. The Morgan fingerprint density at radius 1 is 1.32 bits per heavy atom. The fourth-order valence-corrected chi connectivity index (χ4v) is 2.58. The standard InChI is InChI=1S/C17H25N3O2/c1-3-14(21)8-10-19-17(22)18-9-7-13-11-20-15-6-4-5-12(2)16(13)15/h4-6,11,14,20-21H,3,7-10H2,1-2H3,(H2,18,19,22). The van der Waals surface area contributed by atoms with E-state index >= 15 is 0 Å². The Hall–Kier alpha value is -2.01. The van der Waals surface area contributed by atoms with Crippen molar-refractivity contribution in [2.45, 2.75) is 39.2 Å². The van der Waals surface area contributed by atoms with E-state index in [1.165, 1.54) is 16.5 Å². The largest absolute Gasteiger partial charge is 0.393 e. The molecule has 1 aromatic heterocycles. The summed E-state index contributed by atoms with van der Waals surface area (Å²) in [6, 6.07) is 6.01. The number of rotatable bonds is 7. The highest BCUT2D eigenvalue weighted by atomic mass is 16.3. The summed E-state index contributed by atoms with van der Waals surface area (Å²) in [5.74, 6) is 0. The first-order chi connectivity index (χ1) is 10.6. The summed E-state index contributed by atoms with van der Waals surface area (Å²) in [6.07, 6.45) is 3.76. The molecule has 0 saturated carbocycles. The first kappa shape index (κ1) is 16.4. The summed E-state index contributed by atoms with van der Waals surface area (Å²) in [5.41, 5.74) is 3.59. The maximum Gasteiger partial charge on any atom is 0.314 e. The molecule has 120 valence electrons. The molecule has 0 saturated heterocycles. The predicted octanol–water partition coefficient (Wildman–Crippen LogP) is 2.48. The van der Waals surface area contributed by atoms with Gasteiger partial charge < -0.3 is 20.7 Å². The second-order valence-electron chi connectivity index (χ2n) is 5.59. The summed E-state index contributed by atoms with van der Waals surface area (Å²) in [5, 5.41) is 16.3. The van der Waals surface area contributed by atoms with Crippen LogP contribution in [0.15, 0.2) is 24.4 Å². The van der Waals surface area contributed by atoms with Crippen molar-refractivity contribution < 1.29 is 9.90 Å². The molecule has 2 amide bonds. The average molecular weight is 303 g/mol. The Kier molecular flexibility index (Phi) is 5.83. The number of nitrogens with one attached hydrogen (secondary N) is 3. The number of carbonyl (C=O) groups excluding carboxylic acids is 1. The van der Waals surface area contributed by atoms with Gasteiger partial charge in [-0.2, -0.15) is 0 Å². The molecule has 1 aromatic carbocycles. The second-order valence-corrected chi connectivity index (χ2v) is 5.59. The molecule has 22 heavy (non-hydrogen) atoms. The fourth-order valence-electron chi connectivity index (χ4n) is 2.58. The monoisotopic (exact) mass is 303 g/mol. The van der Waals surface area contributed by atoms with E-state index in [2.05, 4.69) is 34.7 Å². The molecule has 1 unspecified atom stereocenters. The number of hydrogen-bond donors (Lipinski definition) is 4. The van der Waals surface area contributed by atoms with Crippen molar-refractivity contribution in [1.29, 1.82) is 0 Å². The molecule has 0 fully saturated rings. The van der Waals surface area contributed by atoms with Crippen molar-refractivity contribution in [2.75, 3.05) is 13.1 Å². The topological polar surface area (TPSA) is 77.2 Å². The van der Waals surface area contributed by atoms with Crippen molar-refractivity contribution in [2.24, 2.45) is 0 Å². The molecule has 0 spiro atoms. The van der Waals surface area contributed by atoms with Gasteiger partial charge in [0.2, 0.25) is 0 Å².